The number of carbonyl (C=O) groups excluding carboxylic acids is 1. The number of benzene rings is 1. The topological polar surface area (TPSA) is 82.6 Å². The van der Waals surface area contributed by atoms with Crippen molar-refractivity contribution < 1.29 is 23.8 Å². The highest BCUT2D eigenvalue weighted by Crippen LogP contribution is 2.27. The number of nitrogens with zero attached hydrogens (tertiary/aromatic N) is 1. The molecule has 0 saturated carbocycles. The number of hydrogen-bond acceptors (Lipinski definition) is 3. The second-order valence-corrected chi connectivity index (χ2v) is 6.35. The first-order valence-electron chi connectivity index (χ1n) is 6.95. The molecule has 1 aromatic carbocycles. The largest absolute Gasteiger partial charge is 0.480 e. The molecule has 2 atom stereocenters. The minimum absolute atomic E-state index is 0.153. The Labute approximate surface area is 139 Å². The highest BCUT2D eigenvalue weighted by molar-refractivity contribution is 9.10. The van der Waals surface area contributed by atoms with E-state index in [0.29, 0.717) is 9.99 Å². The van der Waals surface area contributed by atoms with Crippen LogP contribution in [0.2, 0.25) is 0 Å². The first-order valence-corrected chi connectivity index (χ1v) is 7.74. The van der Waals surface area contributed by atoms with Crippen LogP contribution >= 0.6 is 15.9 Å². The summed E-state index contributed by atoms with van der Waals surface area (Å²) in [6.45, 7) is 0.188. The van der Waals surface area contributed by atoms with Crippen LogP contribution in [0.25, 0.3) is 10.9 Å². The molecule has 2 aromatic rings. The maximum Gasteiger partial charge on any atom is 0.326 e. The third-order valence-corrected chi connectivity index (χ3v) is 4.48. The molecule has 23 heavy (non-hydrogen) atoms. The van der Waals surface area contributed by atoms with Gasteiger partial charge in [-0.1, -0.05) is 15.9 Å². The van der Waals surface area contributed by atoms with Crippen molar-refractivity contribution >= 4 is 38.7 Å². The Morgan fingerprint density at radius 3 is 2.83 bits per heavy atom. The SMILES string of the molecule is COC1CC(C(=O)O)N(C(=O)c2cc3c(F)cc(Br)cc3[nH]2)C1. The predicted molar refractivity (Wildman–Crippen MR) is 83.8 cm³/mol. The van der Waals surface area contributed by atoms with E-state index in [1.54, 1.807) is 6.07 Å². The maximum atomic E-state index is 13.9. The number of aromatic amines is 1. The molecular formula is C15H14BrFN2O4. The fourth-order valence-corrected chi connectivity index (χ4v) is 3.29. The Bertz CT molecular complexity index is 791. The zero-order chi connectivity index (χ0) is 16.7. The average Bonchev–Trinajstić information content (AvgIpc) is 3.10. The summed E-state index contributed by atoms with van der Waals surface area (Å²) in [5.41, 5.74) is 0.620. The Morgan fingerprint density at radius 2 is 2.17 bits per heavy atom. The van der Waals surface area contributed by atoms with Crippen LogP contribution in [0.15, 0.2) is 22.7 Å². The molecule has 8 heteroatoms. The Balaban J connectivity index is 1.96. The summed E-state index contributed by atoms with van der Waals surface area (Å²) in [5, 5.41) is 9.57. The van der Waals surface area contributed by atoms with E-state index < -0.39 is 23.7 Å². The first-order chi connectivity index (χ1) is 10.9. The van der Waals surface area contributed by atoms with E-state index in [2.05, 4.69) is 20.9 Å². The number of carbonyl (C=O) groups is 2. The van der Waals surface area contributed by atoms with Crippen molar-refractivity contribution in [3.63, 3.8) is 0 Å². The zero-order valence-corrected chi connectivity index (χ0v) is 13.8. The van der Waals surface area contributed by atoms with Gasteiger partial charge in [0.25, 0.3) is 5.91 Å². The molecule has 1 amide bonds. The molecule has 0 aliphatic carbocycles. The van der Waals surface area contributed by atoms with Gasteiger partial charge in [-0.15, -0.1) is 0 Å². The number of nitrogens with one attached hydrogen (secondary N) is 1. The Hall–Kier alpha value is -1.93. The van der Waals surface area contributed by atoms with Crippen molar-refractivity contribution in [1.82, 2.24) is 9.88 Å². The van der Waals surface area contributed by atoms with Gasteiger partial charge in [-0.25, -0.2) is 9.18 Å². The molecule has 2 unspecified atom stereocenters. The smallest absolute Gasteiger partial charge is 0.326 e. The van der Waals surface area contributed by atoms with Crippen LogP contribution in [0.4, 0.5) is 4.39 Å². The molecular weight excluding hydrogens is 371 g/mol. The van der Waals surface area contributed by atoms with Gasteiger partial charge < -0.3 is 19.7 Å². The highest BCUT2D eigenvalue weighted by atomic mass is 79.9. The molecule has 1 fully saturated rings. The molecule has 122 valence electrons. The summed E-state index contributed by atoms with van der Waals surface area (Å²) in [7, 11) is 1.48. The lowest BCUT2D eigenvalue weighted by Gasteiger charge is -2.20. The second-order valence-electron chi connectivity index (χ2n) is 5.44. The van der Waals surface area contributed by atoms with Gasteiger partial charge in [0.05, 0.1) is 11.6 Å². The van der Waals surface area contributed by atoms with Gasteiger partial charge in [0.15, 0.2) is 0 Å². The van der Waals surface area contributed by atoms with E-state index in [1.165, 1.54) is 24.1 Å². The van der Waals surface area contributed by atoms with Gasteiger partial charge in [0.2, 0.25) is 0 Å². The van der Waals surface area contributed by atoms with Crippen molar-refractivity contribution in [3.8, 4) is 0 Å². The number of aromatic nitrogens is 1. The molecule has 1 saturated heterocycles. The summed E-state index contributed by atoms with van der Waals surface area (Å²) < 4.78 is 19.7. The van der Waals surface area contributed by atoms with E-state index in [4.69, 9.17) is 4.74 Å². The van der Waals surface area contributed by atoms with Crippen molar-refractivity contribution in [2.24, 2.45) is 0 Å². The first kappa shape index (κ1) is 15.9. The number of amides is 1. The molecule has 0 bridgehead atoms. The number of hydrogen-bond donors (Lipinski definition) is 2. The van der Waals surface area contributed by atoms with E-state index in [0.717, 1.165) is 0 Å². The monoisotopic (exact) mass is 384 g/mol. The summed E-state index contributed by atoms with van der Waals surface area (Å²) in [5.74, 6) is -2.03. The number of fused-ring (bicyclic) bond motifs is 1. The highest BCUT2D eigenvalue weighted by Gasteiger charge is 2.40. The molecule has 6 nitrogen and oxygen atoms in total. The van der Waals surface area contributed by atoms with Crippen LogP contribution in [-0.4, -0.2) is 52.7 Å². The number of carboxylic acid groups (broad SMARTS) is 1. The summed E-state index contributed by atoms with van der Waals surface area (Å²) in [6, 6.07) is 3.42. The lowest BCUT2D eigenvalue weighted by molar-refractivity contribution is -0.141. The standard InChI is InChI=1S/C15H14BrFN2O4/c1-23-8-4-13(15(21)22)19(6-8)14(20)12-5-9-10(17)2-7(16)3-11(9)18-12/h2-3,5,8,13,18H,4,6H2,1H3,(H,21,22). The number of carboxylic acids is 1. The van der Waals surface area contributed by atoms with Crippen LogP contribution in [0.3, 0.4) is 0 Å². The van der Waals surface area contributed by atoms with Crippen molar-refractivity contribution in [3.05, 3.63) is 34.2 Å². The van der Waals surface area contributed by atoms with Gasteiger partial charge in [0.1, 0.15) is 17.6 Å². The van der Waals surface area contributed by atoms with Crippen LogP contribution in [0, 0.1) is 5.82 Å². The molecule has 1 aromatic heterocycles. The molecule has 1 aliphatic rings. The van der Waals surface area contributed by atoms with Crippen molar-refractivity contribution in [2.45, 2.75) is 18.6 Å². The average molecular weight is 385 g/mol. The molecule has 1 aliphatic heterocycles. The third kappa shape index (κ3) is 2.84. The predicted octanol–water partition coefficient (Wildman–Crippen LogP) is 2.38. The van der Waals surface area contributed by atoms with Crippen molar-refractivity contribution in [1.29, 1.82) is 0 Å². The fraction of sp³-hybridized carbons (Fsp3) is 0.333. The normalized spacial score (nSPS) is 21.1. The molecule has 3 rings (SSSR count). The van der Waals surface area contributed by atoms with Gasteiger partial charge in [-0.3, -0.25) is 4.79 Å². The maximum absolute atomic E-state index is 13.9. The van der Waals surface area contributed by atoms with Crippen LogP contribution in [-0.2, 0) is 9.53 Å². The van der Waals surface area contributed by atoms with E-state index in [9.17, 15) is 19.1 Å². The van der Waals surface area contributed by atoms with E-state index in [1.807, 2.05) is 0 Å². The lowest BCUT2D eigenvalue weighted by atomic mass is 10.2. The molecule has 0 radical (unpaired) electrons. The minimum atomic E-state index is -1.08. The molecule has 2 N–H and O–H groups in total. The lowest BCUT2D eigenvalue weighted by Crippen LogP contribution is -2.40. The van der Waals surface area contributed by atoms with Gasteiger partial charge in [-0.05, 0) is 18.2 Å². The minimum Gasteiger partial charge on any atom is -0.480 e. The number of ether oxygens (including phenoxy) is 1. The summed E-state index contributed by atoms with van der Waals surface area (Å²) in [4.78, 5) is 28.1. The number of aliphatic carboxylic acids is 1. The Morgan fingerprint density at radius 1 is 1.43 bits per heavy atom. The van der Waals surface area contributed by atoms with Crippen LogP contribution in [0.1, 0.15) is 16.9 Å². The summed E-state index contributed by atoms with van der Waals surface area (Å²) >= 11 is 3.19. The van der Waals surface area contributed by atoms with Gasteiger partial charge in [0, 0.05) is 29.9 Å². The van der Waals surface area contributed by atoms with Gasteiger partial charge in [-0.2, -0.15) is 0 Å². The number of methoxy groups -OCH3 is 1. The fourth-order valence-electron chi connectivity index (χ4n) is 2.86. The van der Waals surface area contributed by atoms with Crippen molar-refractivity contribution in [2.75, 3.05) is 13.7 Å². The number of rotatable bonds is 3. The third-order valence-electron chi connectivity index (χ3n) is 4.02. The Kier molecular flexibility index (Phi) is 4.11. The second kappa shape index (κ2) is 5.93. The quantitative estimate of drug-likeness (QED) is 0.850. The summed E-state index contributed by atoms with van der Waals surface area (Å²) in [6.07, 6.45) is -0.0899. The number of H-pyrrole nitrogens is 1. The number of halogens is 2. The van der Waals surface area contributed by atoms with Crippen LogP contribution < -0.4 is 0 Å². The van der Waals surface area contributed by atoms with Gasteiger partial charge >= 0.3 is 5.97 Å². The van der Waals surface area contributed by atoms with E-state index in [-0.39, 0.29) is 30.1 Å². The van der Waals surface area contributed by atoms with E-state index >= 15 is 0 Å². The number of likely N-dealkylation sites (tertiary alicyclic amines) is 1. The molecule has 2 heterocycles. The molecule has 0 spiro atoms. The zero-order valence-electron chi connectivity index (χ0n) is 12.2. The van der Waals surface area contributed by atoms with Crippen LogP contribution in [0.5, 0.6) is 0 Å².